The van der Waals surface area contributed by atoms with Crippen LogP contribution in [0.5, 0.6) is 0 Å². The number of halogens is 3. The van der Waals surface area contributed by atoms with Gasteiger partial charge in [-0.2, -0.15) is 21.6 Å². The van der Waals surface area contributed by atoms with Gasteiger partial charge >= 0.3 is 21.6 Å². The number of amides is 2. The van der Waals surface area contributed by atoms with Crippen LogP contribution in [0.3, 0.4) is 0 Å². The van der Waals surface area contributed by atoms with Crippen LogP contribution in [-0.4, -0.2) is 36.3 Å². The summed E-state index contributed by atoms with van der Waals surface area (Å²) in [5.41, 5.74) is -6.96. The number of hydrogen-bond acceptors (Lipinski definition) is 3. The Hall–Kier alpha value is -0.990. The molecule has 1 aliphatic rings. The molecule has 5 nitrogen and oxygen atoms in total. The number of alkyl halides is 3. The van der Waals surface area contributed by atoms with E-state index in [4.69, 9.17) is 0 Å². The van der Waals surface area contributed by atoms with E-state index >= 15 is 0 Å². The minimum Gasteiger partial charge on any atom is -0.332 e. The second-order valence-corrected chi connectivity index (χ2v) is 9.16. The molecule has 0 aromatic rings. The molecule has 0 aromatic heterocycles. The van der Waals surface area contributed by atoms with Gasteiger partial charge in [0.2, 0.25) is 0 Å². The Bertz CT molecular complexity index is 529. The van der Waals surface area contributed by atoms with Crippen LogP contribution in [0.4, 0.5) is 18.0 Å². The van der Waals surface area contributed by atoms with Crippen LogP contribution in [0.25, 0.3) is 0 Å². The Kier molecular flexibility index (Phi) is 4.09. The van der Waals surface area contributed by atoms with Crippen LogP contribution in [0.15, 0.2) is 0 Å². The zero-order valence-electron chi connectivity index (χ0n) is 12.9. The molecule has 21 heavy (non-hydrogen) atoms. The van der Waals surface area contributed by atoms with E-state index < -0.39 is 44.5 Å². The molecule has 1 heterocycles. The van der Waals surface area contributed by atoms with Gasteiger partial charge in [0.1, 0.15) is 0 Å². The summed E-state index contributed by atoms with van der Waals surface area (Å²) in [5.74, 6) is 0. The van der Waals surface area contributed by atoms with Crippen molar-refractivity contribution in [1.82, 2.24) is 9.62 Å². The minimum absolute atomic E-state index is 0.0388. The van der Waals surface area contributed by atoms with Crippen molar-refractivity contribution in [3.8, 4) is 0 Å². The summed E-state index contributed by atoms with van der Waals surface area (Å²) in [6.45, 7) is 10.0. The maximum Gasteiger partial charge on any atom is 0.516 e. The highest BCUT2D eigenvalue weighted by Crippen LogP contribution is 2.42. The van der Waals surface area contributed by atoms with E-state index in [-0.39, 0.29) is 4.31 Å². The van der Waals surface area contributed by atoms with Gasteiger partial charge < -0.3 is 5.32 Å². The molecule has 1 fully saturated rings. The second-order valence-electron chi connectivity index (χ2n) is 7.35. The summed E-state index contributed by atoms with van der Waals surface area (Å²) < 4.78 is 61.9. The Balaban J connectivity index is 3.48. The molecule has 0 saturated carbocycles. The van der Waals surface area contributed by atoms with Gasteiger partial charge in [-0.05, 0) is 10.8 Å². The van der Waals surface area contributed by atoms with Gasteiger partial charge in [0.15, 0.2) is 0 Å². The molecular formula is C12H21F3N2O3S. The normalized spacial score (nSPS) is 25.2. The fraction of sp³-hybridized carbons (Fsp3) is 0.917. The topological polar surface area (TPSA) is 66.5 Å². The van der Waals surface area contributed by atoms with Gasteiger partial charge in [0.25, 0.3) is 0 Å². The lowest BCUT2D eigenvalue weighted by Gasteiger charge is -2.40. The third-order valence-electron chi connectivity index (χ3n) is 3.42. The van der Waals surface area contributed by atoms with E-state index in [1.54, 1.807) is 41.5 Å². The summed E-state index contributed by atoms with van der Waals surface area (Å²) in [6.07, 6.45) is 0. The molecule has 0 radical (unpaired) electrons. The van der Waals surface area contributed by atoms with E-state index in [1.807, 2.05) is 0 Å². The second kappa shape index (κ2) is 4.76. The molecule has 0 unspecified atom stereocenters. The van der Waals surface area contributed by atoms with Crippen LogP contribution in [0, 0.1) is 10.8 Å². The predicted molar refractivity (Wildman–Crippen MR) is 71.8 cm³/mol. The minimum atomic E-state index is -5.73. The lowest BCUT2D eigenvalue weighted by Crippen LogP contribution is -2.54. The van der Waals surface area contributed by atoms with Gasteiger partial charge in [0.05, 0.1) is 12.1 Å². The number of rotatable bonds is 1. The number of sulfonamides is 1. The third-order valence-corrected chi connectivity index (χ3v) is 4.92. The van der Waals surface area contributed by atoms with Crippen LogP contribution >= 0.6 is 0 Å². The largest absolute Gasteiger partial charge is 0.516 e. The average molecular weight is 330 g/mol. The number of nitrogens with one attached hydrogen (secondary N) is 1. The monoisotopic (exact) mass is 330 g/mol. The first-order valence-electron chi connectivity index (χ1n) is 6.42. The number of carbonyl (C=O) groups excluding carboxylic acids is 1. The molecule has 2 atom stereocenters. The molecule has 2 amide bonds. The van der Waals surface area contributed by atoms with Gasteiger partial charge in [-0.3, -0.25) is 0 Å². The smallest absolute Gasteiger partial charge is 0.332 e. The molecule has 9 heteroatoms. The first kappa shape index (κ1) is 18.1. The van der Waals surface area contributed by atoms with Gasteiger partial charge in [-0.25, -0.2) is 9.10 Å². The van der Waals surface area contributed by atoms with E-state index in [0.717, 1.165) is 0 Å². The van der Waals surface area contributed by atoms with Gasteiger partial charge in [-0.1, -0.05) is 41.5 Å². The molecule has 1 rings (SSSR count). The van der Waals surface area contributed by atoms with Crippen LogP contribution < -0.4 is 5.32 Å². The summed E-state index contributed by atoms with van der Waals surface area (Å²) in [4.78, 5) is 11.9. The number of hydrogen-bond donors (Lipinski definition) is 1. The van der Waals surface area contributed by atoms with Crippen molar-refractivity contribution in [3.05, 3.63) is 0 Å². The summed E-state index contributed by atoms with van der Waals surface area (Å²) >= 11 is 0. The Morgan fingerprint density at radius 2 is 1.43 bits per heavy atom. The van der Waals surface area contributed by atoms with E-state index in [0.29, 0.717) is 0 Å². The zero-order chi connectivity index (χ0) is 17.0. The molecule has 0 spiro atoms. The molecule has 0 aromatic carbocycles. The first-order valence-corrected chi connectivity index (χ1v) is 7.86. The van der Waals surface area contributed by atoms with Crippen molar-refractivity contribution in [1.29, 1.82) is 0 Å². The number of carbonyl (C=O) groups is 1. The van der Waals surface area contributed by atoms with Crippen LogP contribution in [0.2, 0.25) is 0 Å². The standard InChI is InChI=1S/C12H21F3N2O3S/c1-10(2,3)7-8(11(4,5)6)17(9(18)16-7)21(19,20)12(13,14)15/h7-8H,1-6H3,(H,16,18)/t7-,8-/m0/s1. The fourth-order valence-corrected chi connectivity index (χ4v) is 3.68. The van der Waals surface area contributed by atoms with Crippen LogP contribution in [0.1, 0.15) is 41.5 Å². The third kappa shape index (κ3) is 3.12. The Morgan fingerprint density at radius 3 is 1.71 bits per heavy atom. The van der Waals surface area contributed by atoms with Gasteiger partial charge in [-0.15, -0.1) is 0 Å². The predicted octanol–water partition coefficient (Wildman–Crippen LogP) is 2.69. The Morgan fingerprint density at radius 1 is 1.00 bits per heavy atom. The fourth-order valence-electron chi connectivity index (χ4n) is 2.45. The lowest BCUT2D eigenvalue weighted by molar-refractivity contribution is -0.0496. The zero-order valence-corrected chi connectivity index (χ0v) is 13.7. The molecule has 1 N–H and O–H groups in total. The molecule has 0 bridgehead atoms. The lowest BCUT2D eigenvalue weighted by atomic mass is 9.74. The van der Waals surface area contributed by atoms with E-state index in [2.05, 4.69) is 5.32 Å². The molecule has 1 saturated heterocycles. The van der Waals surface area contributed by atoms with Gasteiger partial charge in [0, 0.05) is 0 Å². The first-order chi connectivity index (χ1) is 9.01. The summed E-state index contributed by atoms with van der Waals surface area (Å²) in [5, 5.41) is 2.39. The quantitative estimate of drug-likeness (QED) is 0.804. The molecule has 0 aliphatic carbocycles. The molecule has 124 valence electrons. The van der Waals surface area contributed by atoms with Crippen molar-refractivity contribution in [2.24, 2.45) is 10.8 Å². The maximum atomic E-state index is 12.8. The summed E-state index contributed by atoms with van der Waals surface area (Å²) in [6, 6.07) is -3.08. The van der Waals surface area contributed by atoms with Crippen molar-refractivity contribution < 1.29 is 26.4 Å². The molecule has 1 aliphatic heterocycles. The highest BCUT2D eigenvalue weighted by atomic mass is 32.2. The van der Waals surface area contributed by atoms with E-state index in [9.17, 15) is 26.4 Å². The van der Waals surface area contributed by atoms with Crippen molar-refractivity contribution in [2.45, 2.75) is 59.1 Å². The van der Waals surface area contributed by atoms with Crippen LogP contribution in [-0.2, 0) is 10.0 Å². The average Bonchev–Trinajstić information content (AvgIpc) is 2.53. The van der Waals surface area contributed by atoms with Crippen molar-refractivity contribution >= 4 is 16.1 Å². The maximum absolute atomic E-state index is 12.8. The SMILES string of the molecule is CC(C)(C)[C@@H]1[C@@H](C(C)(C)C)NC(=O)N1S(=O)(=O)C(F)(F)F. The molecular weight excluding hydrogens is 309 g/mol. The van der Waals surface area contributed by atoms with Crippen molar-refractivity contribution in [2.75, 3.05) is 0 Å². The highest BCUT2D eigenvalue weighted by Gasteiger charge is 2.61. The van der Waals surface area contributed by atoms with E-state index in [1.165, 1.54) is 0 Å². The highest BCUT2D eigenvalue weighted by molar-refractivity contribution is 7.90. The number of nitrogens with zero attached hydrogens (tertiary/aromatic N) is 1. The number of urea groups is 1. The Labute approximate surface area is 122 Å². The van der Waals surface area contributed by atoms with Crippen molar-refractivity contribution in [3.63, 3.8) is 0 Å². The summed E-state index contributed by atoms with van der Waals surface area (Å²) in [7, 11) is -5.73.